The second-order valence-corrected chi connectivity index (χ2v) is 3.77. The first-order valence-corrected chi connectivity index (χ1v) is 4.74. The summed E-state index contributed by atoms with van der Waals surface area (Å²) < 4.78 is 25.8. The fraction of sp³-hybridized carbons (Fsp3) is 0.222. The predicted octanol–water partition coefficient (Wildman–Crippen LogP) is 2.62. The third kappa shape index (κ3) is 2.09. The molecule has 6 heteroatoms. The number of carboxylic acids is 1. The van der Waals surface area contributed by atoms with Crippen molar-refractivity contribution in [2.45, 2.75) is 12.8 Å². The number of benzene rings is 1. The summed E-state index contributed by atoms with van der Waals surface area (Å²) in [5.41, 5.74) is -0.434. The highest BCUT2D eigenvalue weighted by molar-refractivity contribution is 9.10. The minimum atomic E-state index is -1.30. The summed E-state index contributed by atoms with van der Waals surface area (Å²) in [4.78, 5) is 10.6. The summed E-state index contributed by atoms with van der Waals surface area (Å²) in [5.74, 6) is -5.33. The van der Waals surface area contributed by atoms with Gasteiger partial charge in [-0.1, -0.05) is 0 Å². The first-order chi connectivity index (χ1) is 6.86. The van der Waals surface area contributed by atoms with Crippen molar-refractivity contribution in [3.8, 4) is 5.75 Å². The van der Waals surface area contributed by atoms with E-state index in [4.69, 9.17) is 5.11 Å². The summed E-state index contributed by atoms with van der Waals surface area (Å²) in [6.45, 7) is 1.20. The largest absolute Gasteiger partial charge is 0.507 e. The number of halogens is 3. The lowest BCUT2D eigenvalue weighted by molar-refractivity contribution is -0.138. The molecule has 3 nitrogen and oxygen atoms in total. The quantitative estimate of drug-likeness (QED) is 0.819. The van der Waals surface area contributed by atoms with E-state index in [1.807, 2.05) is 0 Å². The third-order valence-electron chi connectivity index (χ3n) is 1.98. The Kier molecular flexibility index (Phi) is 3.28. The van der Waals surface area contributed by atoms with Crippen molar-refractivity contribution in [1.82, 2.24) is 0 Å². The van der Waals surface area contributed by atoms with Crippen LogP contribution in [-0.4, -0.2) is 16.2 Å². The molecule has 0 aliphatic carbocycles. The molecule has 0 saturated heterocycles. The Morgan fingerprint density at radius 3 is 2.53 bits per heavy atom. The summed E-state index contributed by atoms with van der Waals surface area (Å²) in [5, 5.41) is 17.9. The topological polar surface area (TPSA) is 57.5 Å². The lowest BCUT2D eigenvalue weighted by Gasteiger charge is -2.11. The Morgan fingerprint density at radius 2 is 2.07 bits per heavy atom. The lowest BCUT2D eigenvalue weighted by Crippen LogP contribution is -2.10. The fourth-order valence-electron chi connectivity index (χ4n) is 1.13. The standard InChI is InChI=1S/C9H7BrF2O3/c1-3(9(14)15)6-5(13)2-4(11)7(10)8(6)12/h2-3,13H,1H3,(H,14,15). The second kappa shape index (κ2) is 4.14. The van der Waals surface area contributed by atoms with E-state index in [0.29, 0.717) is 6.07 Å². The molecule has 0 bridgehead atoms. The summed E-state index contributed by atoms with van der Waals surface area (Å²) in [7, 11) is 0. The molecule has 0 amide bonds. The number of phenols is 1. The van der Waals surface area contributed by atoms with E-state index in [2.05, 4.69) is 15.9 Å². The molecule has 1 aromatic carbocycles. The molecule has 0 aliphatic heterocycles. The molecule has 0 fully saturated rings. The maximum Gasteiger partial charge on any atom is 0.310 e. The van der Waals surface area contributed by atoms with Crippen LogP contribution in [0.4, 0.5) is 8.78 Å². The Morgan fingerprint density at radius 1 is 1.53 bits per heavy atom. The van der Waals surface area contributed by atoms with E-state index in [1.165, 1.54) is 6.92 Å². The van der Waals surface area contributed by atoms with Crippen LogP contribution < -0.4 is 0 Å². The van der Waals surface area contributed by atoms with Crippen LogP contribution in [0.2, 0.25) is 0 Å². The normalized spacial score (nSPS) is 12.5. The van der Waals surface area contributed by atoms with Crippen LogP contribution in [0.3, 0.4) is 0 Å². The zero-order valence-electron chi connectivity index (χ0n) is 7.59. The average Bonchev–Trinajstić information content (AvgIpc) is 2.14. The number of hydrogen-bond acceptors (Lipinski definition) is 2. The molecule has 1 rings (SSSR count). The zero-order valence-corrected chi connectivity index (χ0v) is 9.18. The number of carboxylic acid groups (broad SMARTS) is 1. The minimum Gasteiger partial charge on any atom is -0.507 e. The van der Waals surface area contributed by atoms with Gasteiger partial charge in [0, 0.05) is 11.6 Å². The zero-order chi connectivity index (χ0) is 11.7. The van der Waals surface area contributed by atoms with Crippen LogP contribution in [0.5, 0.6) is 5.75 Å². The van der Waals surface area contributed by atoms with Gasteiger partial charge in [-0.25, -0.2) is 8.78 Å². The van der Waals surface area contributed by atoms with Crippen molar-refractivity contribution in [1.29, 1.82) is 0 Å². The lowest BCUT2D eigenvalue weighted by atomic mass is 9.99. The van der Waals surface area contributed by atoms with Crippen molar-refractivity contribution < 1.29 is 23.8 Å². The molecule has 1 unspecified atom stereocenters. The van der Waals surface area contributed by atoms with Gasteiger partial charge in [0.25, 0.3) is 0 Å². The van der Waals surface area contributed by atoms with Gasteiger partial charge in [0.15, 0.2) is 0 Å². The van der Waals surface area contributed by atoms with Crippen LogP contribution >= 0.6 is 15.9 Å². The molecular weight excluding hydrogens is 274 g/mol. The first-order valence-electron chi connectivity index (χ1n) is 3.95. The van der Waals surface area contributed by atoms with Crippen molar-refractivity contribution >= 4 is 21.9 Å². The van der Waals surface area contributed by atoms with Gasteiger partial charge < -0.3 is 10.2 Å². The molecule has 15 heavy (non-hydrogen) atoms. The van der Waals surface area contributed by atoms with Gasteiger partial charge in [-0.15, -0.1) is 0 Å². The number of rotatable bonds is 2. The number of aliphatic carboxylic acids is 1. The molecule has 2 N–H and O–H groups in total. The molecule has 0 heterocycles. The molecule has 0 aromatic heterocycles. The van der Waals surface area contributed by atoms with Gasteiger partial charge in [-0.2, -0.15) is 0 Å². The number of hydrogen-bond donors (Lipinski definition) is 2. The van der Waals surface area contributed by atoms with E-state index in [0.717, 1.165) is 0 Å². The molecule has 1 aromatic rings. The third-order valence-corrected chi connectivity index (χ3v) is 2.71. The van der Waals surface area contributed by atoms with E-state index < -0.39 is 39.3 Å². The van der Waals surface area contributed by atoms with Gasteiger partial charge in [0.2, 0.25) is 0 Å². The van der Waals surface area contributed by atoms with Gasteiger partial charge in [-0.05, 0) is 22.9 Å². The number of carbonyl (C=O) groups is 1. The van der Waals surface area contributed by atoms with Gasteiger partial charge in [0.1, 0.15) is 17.4 Å². The van der Waals surface area contributed by atoms with E-state index in [1.54, 1.807) is 0 Å². The maximum absolute atomic E-state index is 13.4. The number of aromatic hydroxyl groups is 1. The molecule has 0 radical (unpaired) electrons. The Balaban J connectivity index is 3.42. The average molecular weight is 281 g/mol. The molecule has 0 spiro atoms. The summed E-state index contributed by atoms with van der Waals surface area (Å²) in [6, 6.07) is 0.669. The van der Waals surface area contributed by atoms with E-state index in [9.17, 15) is 18.7 Å². The van der Waals surface area contributed by atoms with Crippen LogP contribution in [-0.2, 0) is 4.79 Å². The van der Waals surface area contributed by atoms with Crippen molar-refractivity contribution in [3.05, 3.63) is 27.7 Å². The fourth-order valence-corrected chi connectivity index (χ4v) is 1.46. The maximum atomic E-state index is 13.4. The van der Waals surface area contributed by atoms with Crippen molar-refractivity contribution in [3.63, 3.8) is 0 Å². The molecule has 0 saturated carbocycles. The molecular formula is C9H7BrF2O3. The van der Waals surface area contributed by atoms with E-state index in [-0.39, 0.29) is 0 Å². The van der Waals surface area contributed by atoms with Crippen molar-refractivity contribution in [2.24, 2.45) is 0 Å². The Bertz CT molecular complexity index is 420. The van der Waals surface area contributed by atoms with Gasteiger partial charge in [-0.3, -0.25) is 4.79 Å². The summed E-state index contributed by atoms with van der Waals surface area (Å²) >= 11 is 2.63. The van der Waals surface area contributed by atoms with E-state index >= 15 is 0 Å². The smallest absolute Gasteiger partial charge is 0.310 e. The Hall–Kier alpha value is -1.17. The highest BCUT2D eigenvalue weighted by atomic mass is 79.9. The highest BCUT2D eigenvalue weighted by Gasteiger charge is 2.25. The number of phenolic OH excluding ortho intramolecular Hbond substituents is 1. The van der Waals surface area contributed by atoms with Crippen LogP contribution in [0.15, 0.2) is 10.5 Å². The van der Waals surface area contributed by atoms with Crippen LogP contribution in [0, 0.1) is 11.6 Å². The monoisotopic (exact) mass is 280 g/mol. The first kappa shape index (κ1) is 11.9. The van der Waals surface area contributed by atoms with Gasteiger partial charge >= 0.3 is 5.97 Å². The molecule has 0 aliphatic rings. The summed E-state index contributed by atoms with van der Waals surface area (Å²) in [6.07, 6.45) is 0. The highest BCUT2D eigenvalue weighted by Crippen LogP contribution is 2.34. The van der Waals surface area contributed by atoms with Crippen LogP contribution in [0.1, 0.15) is 18.4 Å². The minimum absolute atomic E-state index is 0.434. The van der Waals surface area contributed by atoms with Crippen molar-refractivity contribution in [2.75, 3.05) is 0 Å². The predicted molar refractivity (Wildman–Crippen MR) is 51.8 cm³/mol. The van der Waals surface area contributed by atoms with Gasteiger partial charge in [0.05, 0.1) is 10.4 Å². The molecule has 1 atom stereocenters. The molecule has 82 valence electrons. The Labute approximate surface area is 92.5 Å². The van der Waals surface area contributed by atoms with Crippen LogP contribution in [0.25, 0.3) is 0 Å². The SMILES string of the molecule is CC(C(=O)O)c1c(O)cc(F)c(Br)c1F. The second-order valence-electron chi connectivity index (χ2n) is 2.98.